The summed E-state index contributed by atoms with van der Waals surface area (Å²) in [5, 5.41) is 19.1. The highest BCUT2D eigenvalue weighted by Gasteiger charge is 2.48. The summed E-state index contributed by atoms with van der Waals surface area (Å²) in [5.41, 5.74) is 2.44. The molecule has 1 heterocycles. The number of nitrogens with zero attached hydrogens (tertiary/aromatic N) is 2. The van der Waals surface area contributed by atoms with E-state index in [4.69, 9.17) is 5.11 Å². The molecule has 0 unspecified atom stereocenters. The summed E-state index contributed by atoms with van der Waals surface area (Å²) in [4.78, 5) is 26.8. The van der Waals surface area contributed by atoms with Gasteiger partial charge in [-0.1, -0.05) is 24.3 Å². The van der Waals surface area contributed by atoms with Crippen LogP contribution in [0.4, 0.5) is 0 Å². The molecule has 2 N–H and O–H groups in total. The van der Waals surface area contributed by atoms with Crippen LogP contribution in [0.1, 0.15) is 23.5 Å². The summed E-state index contributed by atoms with van der Waals surface area (Å²) >= 11 is 0. The molecule has 3 rings (SSSR count). The molecular weight excluding hydrogens is 308 g/mol. The van der Waals surface area contributed by atoms with Gasteiger partial charge in [0.25, 0.3) is 0 Å². The summed E-state index contributed by atoms with van der Waals surface area (Å²) in [5.74, 6) is -0.599. The molecule has 130 valence electrons. The number of hydrogen-bond acceptors (Lipinski definition) is 4. The van der Waals surface area contributed by atoms with Gasteiger partial charge < -0.3 is 15.1 Å². The lowest BCUT2D eigenvalue weighted by atomic mass is 10.0. The van der Waals surface area contributed by atoms with Crippen molar-refractivity contribution < 1.29 is 19.8 Å². The molecule has 6 nitrogen and oxygen atoms in total. The van der Waals surface area contributed by atoms with E-state index in [0.29, 0.717) is 6.54 Å². The lowest BCUT2D eigenvalue weighted by molar-refractivity contribution is -0.138. The maximum Gasteiger partial charge on any atom is 0.317 e. The molecule has 0 bridgehead atoms. The van der Waals surface area contributed by atoms with Gasteiger partial charge in [0, 0.05) is 19.0 Å². The van der Waals surface area contributed by atoms with Crippen LogP contribution < -0.4 is 0 Å². The van der Waals surface area contributed by atoms with Gasteiger partial charge in [-0.3, -0.25) is 14.5 Å². The fourth-order valence-corrected chi connectivity index (χ4v) is 3.76. The maximum atomic E-state index is 12.7. The van der Waals surface area contributed by atoms with Gasteiger partial charge in [-0.2, -0.15) is 0 Å². The normalized spacial score (nSPS) is 29.1. The molecule has 24 heavy (non-hydrogen) atoms. The van der Waals surface area contributed by atoms with Crippen LogP contribution in [0.15, 0.2) is 24.3 Å². The Morgan fingerprint density at radius 1 is 1.29 bits per heavy atom. The lowest BCUT2D eigenvalue weighted by Gasteiger charge is -2.24. The summed E-state index contributed by atoms with van der Waals surface area (Å²) < 4.78 is 0. The minimum atomic E-state index is -0.934. The summed E-state index contributed by atoms with van der Waals surface area (Å²) in [6, 6.07) is 7.82. The molecule has 0 radical (unpaired) electrons. The molecule has 0 aromatic heterocycles. The van der Waals surface area contributed by atoms with E-state index in [-0.39, 0.29) is 36.9 Å². The van der Waals surface area contributed by atoms with Gasteiger partial charge in [0.15, 0.2) is 0 Å². The van der Waals surface area contributed by atoms with E-state index < -0.39 is 12.1 Å². The van der Waals surface area contributed by atoms with Gasteiger partial charge in [0.05, 0.1) is 18.7 Å². The SMILES string of the molecule is Cc1ccccc1[C@@H]1C[C@H]1C(=O)N1C[C@@H](O)[C@@H](N(C)CC(=O)O)C1. The van der Waals surface area contributed by atoms with E-state index in [1.807, 2.05) is 12.1 Å². The number of aliphatic carboxylic acids is 1. The van der Waals surface area contributed by atoms with E-state index in [1.54, 1.807) is 16.8 Å². The predicted molar refractivity (Wildman–Crippen MR) is 88.7 cm³/mol. The number of β-amino-alcohol motifs (C(OH)–C–C–N with tert-alkyl or cyclic N) is 1. The Bertz CT molecular complexity index is 648. The van der Waals surface area contributed by atoms with Crippen molar-refractivity contribution in [3.05, 3.63) is 35.4 Å². The second kappa shape index (κ2) is 6.53. The molecule has 1 aliphatic heterocycles. The number of carboxylic acid groups (broad SMARTS) is 1. The van der Waals surface area contributed by atoms with Crippen LogP contribution in [0, 0.1) is 12.8 Å². The molecule has 1 amide bonds. The number of amides is 1. The van der Waals surface area contributed by atoms with Crippen LogP contribution in [0.2, 0.25) is 0 Å². The highest BCUT2D eigenvalue weighted by Crippen LogP contribution is 2.49. The number of carbonyl (C=O) groups is 2. The fraction of sp³-hybridized carbons (Fsp3) is 0.556. The third-order valence-electron chi connectivity index (χ3n) is 5.22. The standard InChI is InChI=1S/C18H24N2O4/c1-11-5-3-4-6-12(11)13-7-14(13)18(24)20-8-15(16(21)9-20)19(2)10-17(22)23/h3-6,13-16,21H,7-10H2,1-2H3,(H,22,23)/t13-,14+,15-,16+/m0/s1. The van der Waals surface area contributed by atoms with Crippen molar-refractivity contribution in [2.75, 3.05) is 26.7 Å². The molecular formula is C18H24N2O4. The number of likely N-dealkylation sites (N-methyl/N-ethyl adjacent to an activating group) is 1. The van der Waals surface area contributed by atoms with Gasteiger partial charge in [-0.25, -0.2) is 0 Å². The summed E-state index contributed by atoms with van der Waals surface area (Å²) in [6.07, 6.45) is 0.153. The number of aryl methyl sites for hydroxylation is 1. The number of aliphatic hydroxyl groups excluding tert-OH is 1. The third-order valence-corrected chi connectivity index (χ3v) is 5.22. The van der Waals surface area contributed by atoms with Gasteiger partial charge in [-0.15, -0.1) is 0 Å². The van der Waals surface area contributed by atoms with Crippen molar-refractivity contribution in [1.29, 1.82) is 0 Å². The molecule has 6 heteroatoms. The van der Waals surface area contributed by atoms with Gasteiger partial charge in [0.2, 0.25) is 5.91 Å². The number of benzene rings is 1. The first-order valence-electron chi connectivity index (χ1n) is 8.33. The monoisotopic (exact) mass is 332 g/mol. The molecule has 1 aromatic carbocycles. The Hall–Kier alpha value is -1.92. The second-order valence-corrected chi connectivity index (χ2v) is 6.99. The van der Waals surface area contributed by atoms with Crippen LogP contribution in [0.25, 0.3) is 0 Å². The first kappa shape index (κ1) is 16.9. The number of hydrogen-bond donors (Lipinski definition) is 2. The summed E-state index contributed by atoms with van der Waals surface area (Å²) in [6.45, 7) is 2.59. The van der Waals surface area contributed by atoms with Gasteiger partial charge >= 0.3 is 5.97 Å². The Kier molecular flexibility index (Phi) is 4.60. The number of aliphatic hydroxyl groups is 1. The molecule has 1 saturated carbocycles. The number of carboxylic acids is 1. The number of likely N-dealkylation sites (tertiary alicyclic amines) is 1. The fourth-order valence-electron chi connectivity index (χ4n) is 3.76. The van der Waals surface area contributed by atoms with E-state index in [0.717, 1.165) is 6.42 Å². The number of carbonyl (C=O) groups excluding carboxylic acids is 1. The molecule has 1 aliphatic carbocycles. The van der Waals surface area contributed by atoms with Crippen molar-refractivity contribution in [2.24, 2.45) is 5.92 Å². The van der Waals surface area contributed by atoms with Gasteiger partial charge in [-0.05, 0) is 37.4 Å². The Morgan fingerprint density at radius 2 is 2.00 bits per heavy atom. The van der Waals surface area contributed by atoms with Gasteiger partial charge in [0.1, 0.15) is 0 Å². The first-order valence-corrected chi connectivity index (χ1v) is 8.33. The average molecular weight is 332 g/mol. The highest BCUT2D eigenvalue weighted by atomic mass is 16.4. The molecule has 1 saturated heterocycles. The third kappa shape index (κ3) is 3.30. The van der Waals surface area contributed by atoms with E-state index in [2.05, 4.69) is 19.1 Å². The minimum Gasteiger partial charge on any atom is -0.480 e. The lowest BCUT2D eigenvalue weighted by Crippen LogP contribution is -2.43. The van der Waals surface area contributed by atoms with Crippen LogP contribution >= 0.6 is 0 Å². The van der Waals surface area contributed by atoms with Crippen molar-refractivity contribution in [3.63, 3.8) is 0 Å². The zero-order chi connectivity index (χ0) is 17.4. The highest BCUT2D eigenvalue weighted by molar-refractivity contribution is 5.83. The van der Waals surface area contributed by atoms with Crippen molar-refractivity contribution in [3.8, 4) is 0 Å². The van der Waals surface area contributed by atoms with Crippen molar-refractivity contribution in [2.45, 2.75) is 31.4 Å². The zero-order valence-corrected chi connectivity index (χ0v) is 14.1. The van der Waals surface area contributed by atoms with Crippen LogP contribution in [-0.2, 0) is 9.59 Å². The predicted octanol–water partition coefficient (Wildman–Crippen LogP) is 0.687. The maximum absolute atomic E-state index is 12.7. The van der Waals surface area contributed by atoms with E-state index in [1.165, 1.54) is 11.1 Å². The van der Waals surface area contributed by atoms with Crippen molar-refractivity contribution >= 4 is 11.9 Å². The van der Waals surface area contributed by atoms with E-state index >= 15 is 0 Å². The largest absolute Gasteiger partial charge is 0.480 e. The summed E-state index contributed by atoms with van der Waals surface area (Å²) in [7, 11) is 1.67. The van der Waals surface area contributed by atoms with E-state index in [9.17, 15) is 14.7 Å². The second-order valence-electron chi connectivity index (χ2n) is 6.99. The first-order chi connectivity index (χ1) is 11.4. The van der Waals surface area contributed by atoms with Crippen LogP contribution in [-0.4, -0.2) is 70.7 Å². The minimum absolute atomic E-state index is 0.0122. The topological polar surface area (TPSA) is 81.1 Å². The molecule has 2 aliphatic rings. The Labute approximate surface area is 141 Å². The smallest absolute Gasteiger partial charge is 0.317 e. The Morgan fingerprint density at radius 3 is 2.67 bits per heavy atom. The quantitative estimate of drug-likeness (QED) is 0.829. The zero-order valence-electron chi connectivity index (χ0n) is 14.1. The molecule has 4 atom stereocenters. The molecule has 0 spiro atoms. The number of rotatable bonds is 5. The average Bonchev–Trinajstić information content (AvgIpc) is 3.21. The molecule has 2 fully saturated rings. The molecule has 1 aromatic rings. The van der Waals surface area contributed by atoms with Crippen LogP contribution in [0.3, 0.4) is 0 Å². The van der Waals surface area contributed by atoms with Crippen LogP contribution in [0.5, 0.6) is 0 Å². The Balaban J connectivity index is 1.61. The van der Waals surface area contributed by atoms with Crippen molar-refractivity contribution in [1.82, 2.24) is 9.80 Å².